The van der Waals surface area contributed by atoms with Gasteiger partial charge in [0.05, 0.1) is 11.0 Å². The molecule has 1 aliphatic carbocycles. The van der Waals surface area contributed by atoms with E-state index < -0.39 is 0 Å². The molecule has 0 amide bonds. The summed E-state index contributed by atoms with van der Waals surface area (Å²) in [4.78, 5) is 2.76. The van der Waals surface area contributed by atoms with E-state index in [2.05, 4.69) is 219 Å². The molecule has 0 bridgehead atoms. The van der Waals surface area contributed by atoms with Crippen LogP contribution in [0.2, 0.25) is 0 Å². The van der Waals surface area contributed by atoms with Gasteiger partial charge in [0.25, 0.3) is 0 Å². The summed E-state index contributed by atoms with van der Waals surface area (Å²) in [5, 5.41) is 5.29. The van der Waals surface area contributed by atoms with Gasteiger partial charge in [0, 0.05) is 44.7 Å². The maximum Gasteiger partial charge on any atom is 0.333 e. The Morgan fingerprint density at radius 3 is 1.91 bits per heavy atom. The Labute approximate surface area is 408 Å². The fourth-order valence-corrected chi connectivity index (χ4v) is 13.0. The van der Waals surface area contributed by atoms with Crippen molar-refractivity contribution in [3.05, 3.63) is 221 Å². The third kappa shape index (κ3) is 6.46. The minimum atomic E-state index is -0.155. The predicted molar refractivity (Wildman–Crippen MR) is 295 cm³/mol. The molecule has 3 aliphatic rings. The first-order valence-electron chi connectivity index (χ1n) is 25.9. The fourth-order valence-electron chi connectivity index (χ4n) is 13.0. The van der Waals surface area contributed by atoms with Crippen molar-refractivity contribution in [3.63, 3.8) is 0 Å². The highest BCUT2D eigenvalue weighted by atomic mass is 15.1. The first-order valence-corrected chi connectivity index (χ1v) is 25.9. The monoisotopic (exact) mass is 890 g/mol. The van der Waals surface area contributed by atoms with Crippen molar-refractivity contribution in [1.29, 1.82) is 0 Å². The molecule has 3 heteroatoms. The molecular weight excluding hydrogens is 832 g/mol. The Balaban J connectivity index is 1.21. The number of aromatic nitrogens is 1. The van der Waals surface area contributed by atoms with E-state index in [4.69, 9.17) is 0 Å². The average Bonchev–Trinajstić information content (AvgIpc) is 3.86. The molecule has 0 saturated heterocycles. The summed E-state index contributed by atoms with van der Waals surface area (Å²) in [6, 6.07) is 70.8. The maximum absolute atomic E-state index is 2.76. The van der Waals surface area contributed by atoms with Gasteiger partial charge in [-0.15, -0.1) is 0 Å². The van der Waals surface area contributed by atoms with Crippen LogP contribution in [-0.2, 0) is 18.3 Å². The van der Waals surface area contributed by atoms with Gasteiger partial charge < -0.3 is 9.38 Å². The van der Waals surface area contributed by atoms with Gasteiger partial charge in [0.2, 0.25) is 0 Å². The second-order valence-electron chi connectivity index (χ2n) is 20.8. The Morgan fingerprint density at radius 2 is 1.17 bits per heavy atom. The minimum absolute atomic E-state index is 0.00615. The maximum atomic E-state index is 2.76. The van der Waals surface area contributed by atoms with Crippen molar-refractivity contribution in [2.75, 3.05) is 4.81 Å². The van der Waals surface area contributed by atoms with Crippen molar-refractivity contribution in [2.24, 2.45) is 0 Å². The van der Waals surface area contributed by atoms with Crippen LogP contribution >= 0.6 is 0 Å². The summed E-state index contributed by atoms with van der Waals surface area (Å²) in [5.41, 5.74) is 24.1. The number of unbranched alkanes of at least 4 members (excludes halogenated alkanes) is 4. The average molecular weight is 891 g/mol. The standard InChI is InChI=1S/C66H59BN2/c1-5-7-11-21-43-31-35-48(36-32-43)69-60-42-51-50-29-19-20-30-55(50)66(3,4)56(51)41-52(60)53-40-54(61(46-24-13-9-14-25-46)47-26-15-10-16-27-47)63-62-49-28-18-17-23-45(49)34-38-59(62)68-58-37-33-44(22-12-8-6-2)39-57(58)67(69)64(53)65(63)68/h9-10,13-20,23-42,61H,5-8,11-12,21-22H2,1-4H3. The molecule has 9 aromatic carbocycles. The van der Waals surface area contributed by atoms with Crippen LogP contribution in [-0.4, -0.2) is 11.4 Å². The van der Waals surface area contributed by atoms with E-state index in [9.17, 15) is 0 Å². The van der Waals surface area contributed by atoms with E-state index in [0.717, 1.165) is 12.8 Å². The second-order valence-corrected chi connectivity index (χ2v) is 20.8. The summed E-state index contributed by atoms with van der Waals surface area (Å²) in [6.45, 7) is 9.42. The molecule has 0 N–H and O–H groups in total. The van der Waals surface area contributed by atoms with Gasteiger partial charge in [-0.25, -0.2) is 0 Å². The third-order valence-electron chi connectivity index (χ3n) is 16.3. The lowest BCUT2D eigenvalue weighted by Crippen LogP contribution is -2.60. The van der Waals surface area contributed by atoms with Crippen molar-refractivity contribution in [2.45, 2.75) is 90.4 Å². The lowest BCUT2D eigenvalue weighted by Gasteiger charge is -2.43. The normalized spacial score (nSPS) is 13.9. The van der Waals surface area contributed by atoms with Gasteiger partial charge in [0.15, 0.2) is 0 Å². The lowest BCUT2D eigenvalue weighted by molar-refractivity contribution is 0.660. The van der Waals surface area contributed by atoms with Crippen LogP contribution in [0.15, 0.2) is 182 Å². The van der Waals surface area contributed by atoms with Gasteiger partial charge >= 0.3 is 6.85 Å². The molecule has 0 spiro atoms. The highest BCUT2D eigenvalue weighted by Crippen LogP contribution is 2.55. The summed E-state index contributed by atoms with van der Waals surface area (Å²) < 4.78 is 2.70. The summed E-state index contributed by atoms with van der Waals surface area (Å²) in [5.74, 6) is -0.00615. The zero-order chi connectivity index (χ0) is 46.4. The molecule has 0 fully saturated rings. The largest absolute Gasteiger partial charge is 0.376 e. The molecule has 69 heavy (non-hydrogen) atoms. The Bertz CT molecular complexity index is 3580. The van der Waals surface area contributed by atoms with Crippen LogP contribution in [0.4, 0.5) is 11.4 Å². The van der Waals surface area contributed by atoms with Crippen molar-refractivity contribution < 1.29 is 0 Å². The molecule has 0 radical (unpaired) electrons. The molecule has 0 unspecified atom stereocenters. The molecule has 2 aliphatic heterocycles. The molecular formula is C66H59BN2. The second kappa shape index (κ2) is 16.6. The van der Waals surface area contributed by atoms with Crippen molar-refractivity contribution >= 4 is 61.7 Å². The Kier molecular flexibility index (Phi) is 10.1. The minimum Gasteiger partial charge on any atom is -0.376 e. The smallest absolute Gasteiger partial charge is 0.333 e. The topological polar surface area (TPSA) is 8.17 Å². The van der Waals surface area contributed by atoms with Crippen LogP contribution in [0.25, 0.3) is 60.5 Å². The summed E-state index contributed by atoms with van der Waals surface area (Å²) in [6.07, 6.45) is 9.55. The van der Waals surface area contributed by atoms with Crippen LogP contribution in [0.1, 0.15) is 111 Å². The number of fused-ring (bicyclic) bond motifs is 13. The Hall–Kier alpha value is -7.10. The van der Waals surface area contributed by atoms with Gasteiger partial charge in [0.1, 0.15) is 0 Å². The van der Waals surface area contributed by atoms with E-state index >= 15 is 0 Å². The van der Waals surface area contributed by atoms with Crippen molar-refractivity contribution in [1.82, 2.24) is 4.57 Å². The lowest BCUT2D eigenvalue weighted by atomic mass is 9.43. The number of hydrogen-bond donors (Lipinski definition) is 0. The van der Waals surface area contributed by atoms with Gasteiger partial charge in [-0.3, -0.25) is 0 Å². The van der Waals surface area contributed by atoms with E-state index in [1.54, 1.807) is 0 Å². The fraction of sp³-hybridized carbons (Fsp3) is 0.212. The van der Waals surface area contributed by atoms with Crippen LogP contribution in [0.3, 0.4) is 0 Å². The highest BCUT2D eigenvalue weighted by Gasteiger charge is 2.47. The van der Waals surface area contributed by atoms with Crippen LogP contribution in [0, 0.1) is 0 Å². The van der Waals surface area contributed by atoms with E-state index in [1.807, 2.05) is 0 Å². The number of hydrogen-bond acceptors (Lipinski definition) is 1. The van der Waals surface area contributed by atoms with Gasteiger partial charge in [-0.05, 0) is 145 Å². The number of benzene rings is 9. The molecule has 0 atom stereocenters. The molecule has 336 valence electrons. The quantitative estimate of drug-likeness (QED) is 0.0674. The summed E-state index contributed by atoms with van der Waals surface area (Å²) >= 11 is 0. The van der Waals surface area contributed by atoms with Crippen LogP contribution < -0.4 is 15.7 Å². The number of rotatable bonds is 12. The highest BCUT2D eigenvalue weighted by molar-refractivity contribution is 6.93. The van der Waals surface area contributed by atoms with Crippen molar-refractivity contribution in [3.8, 4) is 27.9 Å². The SMILES string of the molecule is CCCCCc1ccc(N2B3c4cc(CCCCC)ccc4-n4c5ccc6ccccc6c5c5c(C(c6ccccc6)c6ccccc6)cc(c3c54)-c3cc4c(cc32)-c2ccccc2C4(C)C)cc1. The molecule has 0 saturated carbocycles. The summed E-state index contributed by atoms with van der Waals surface area (Å²) in [7, 11) is 0. The molecule has 2 nitrogen and oxygen atoms in total. The molecule has 10 aromatic rings. The van der Waals surface area contributed by atoms with Gasteiger partial charge in [-0.2, -0.15) is 0 Å². The molecule has 1 aromatic heterocycles. The number of nitrogens with zero attached hydrogens (tertiary/aromatic N) is 2. The zero-order valence-electron chi connectivity index (χ0n) is 40.5. The van der Waals surface area contributed by atoms with E-state index in [-0.39, 0.29) is 18.2 Å². The molecule has 3 heterocycles. The Morgan fingerprint density at radius 1 is 0.507 bits per heavy atom. The number of aryl methyl sites for hydroxylation is 2. The first kappa shape index (κ1) is 42.0. The number of anilines is 2. The zero-order valence-corrected chi connectivity index (χ0v) is 40.5. The van der Waals surface area contributed by atoms with E-state index in [0.29, 0.717) is 0 Å². The molecule has 13 rings (SSSR count). The predicted octanol–water partition coefficient (Wildman–Crippen LogP) is 16.1. The van der Waals surface area contributed by atoms with Gasteiger partial charge in [-0.1, -0.05) is 193 Å². The first-order chi connectivity index (χ1) is 33.9. The third-order valence-corrected chi connectivity index (χ3v) is 16.3. The van der Waals surface area contributed by atoms with E-state index in [1.165, 1.54) is 160 Å². The van der Waals surface area contributed by atoms with Crippen LogP contribution in [0.5, 0.6) is 0 Å².